The summed E-state index contributed by atoms with van der Waals surface area (Å²) in [5.41, 5.74) is 3.05. The molecule has 1 aromatic rings. The number of hydrogen-bond donors (Lipinski definition) is 1. The Bertz CT molecular complexity index is 380. The summed E-state index contributed by atoms with van der Waals surface area (Å²) in [5.74, 6) is -0.208. The van der Waals surface area contributed by atoms with Gasteiger partial charge >= 0.3 is 0 Å². The minimum absolute atomic E-state index is 0.0605. The SMILES string of the molecule is C=CC1C[C@@](C)(c2ccccc2F)NO1. The number of halogens is 1. The molecular formula is C12H14FNO. The van der Waals surface area contributed by atoms with E-state index in [1.165, 1.54) is 6.07 Å². The van der Waals surface area contributed by atoms with Crippen LogP contribution in [0.3, 0.4) is 0 Å². The van der Waals surface area contributed by atoms with Crippen LogP contribution in [0.1, 0.15) is 18.9 Å². The summed E-state index contributed by atoms with van der Waals surface area (Å²) >= 11 is 0. The first-order valence-electron chi connectivity index (χ1n) is 4.96. The molecule has 15 heavy (non-hydrogen) atoms. The minimum atomic E-state index is -0.468. The highest BCUT2D eigenvalue weighted by Gasteiger charge is 2.37. The maximum atomic E-state index is 13.6. The molecule has 0 aliphatic carbocycles. The van der Waals surface area contributed by atoms with Crippen molar-refractivity contribution in [3.05, 3.63) is 48.3 Å². The van der Waals surface area contributed by atoms with Crippen LogP contribution in [-0.2, 0) is 10.4 Å². The summed E-state index contributed by atoms with van der Waals surface area (Å²) < 4.78 is 13.6. The van der Waals surface area contributed by atoms with E-state index in [-0.39, 0.29) is 11.9 Å². The third kappa shape index (κ3) is 1.80. The lowest BCUT2D eigenvalue weighted by atomic mass is 9.88. The average molecular weight is 207 g/mol. The fraction of sp³-hybridized carbons (Fsp3) is 0.333. The Morgan fingerprint density at radius 3 is 2.93 bits per heavy atom. The van der Waals surface area contributed by atoms with Gasteiger partial charge < -0.3 is 0 Å². The van der Waals surface area contributed by atoms with E-state index in [1.807, 2.05) is 13.0 Å². The van der Waals surface area contributed by atoms with E-state index in [0.29, 0.717) is 12.0 Å². The highest BCUT2D eigenvalue weighted by atomic mass is 19.1. The number of hydrogen-bond acceptors (Lipinski definition) is 2. The fourth-order valence-corrected chi connectivity index (χ4v) is 1.90. The molecule has 0 aromatic heterocycles. The van der Waals surface area contributed by atoms with Crippen molar-refractivity contribution >= 4 is 0 Å². The summed E-state index contributed by atoms with van der Waals surface area (Å²) in [7, 11) is 0. The number of hydroxylamine groups is 1. The predicted molar refractivity (Wildman–Crippen MR) is 56.6 cm³/mol. The van der Waals surface area contributed by atoms with Crippen molar-refractivity contribution in [2.45, 2.75) is 25.0 Å². The molecule has 1 N–H and O–H groups in total. The van der Waals surface area contributed by atoms with Gasteiger partial charge in [0, 0.05) is 12.0 Å². The molecule has 1 aliphatic heterocycles. The Balaban J connectivity index is 2.31. The summed E-state index contributed by atoms with van der Waals surface area (Å²) in [5, 5.41) is 0. The van der Waals surface area contributed by atoms with Crippen LogP contribution in [0.2, 0.25) is 0 Å². The van der Waals surface area contributed by atoms with Gasteiger partial charge in [0.05, 0.1) is 11.6 Å². The van der Waals surface area contributed by atoms with Crippen LogP contribution in [0.15, 0.2) is 36.9 Å². The summed E-state index contributed by atoms with van der Waals surface area (Å²) in [6.07, 6.45) is 2.35. The molecule has 2 nitrogen and oxygen atoms in total. The Morgan fingerprint density at radius 1 is 1.60 bits per heavy atom. The largest absolute Gasteiger partial charge is 0.293 e. The second kappa shape index (κ2) is 3.76. The lowest BCUT2D eigenvalue weighted by molar-refractivity contribution is 0.0338. The van der Waals surface area contributed by atoms with E-state index in [0.717, 1.165) is 0 Å². The van der Waals surface area contributed by atoms with Crippen LogP contribution >= 0.6 is 0 Å². The number of benzene rings is 1. The lowest BCUT2D eigenvalue weighted by Gasteiger charge is -2.23. The molecule has 2 rings (SSSR count). The van der Waals surface area contributed by atoms with Crippen molar-refractivity contribution in [2.75, 3.05) is 0 Å². The number of rotatable bonds is 2. The van der Waals surface area contributed by atoms with Gasteiger partial charge in [-0.2, -0.15) is 5.48 Å². The Kier molecular flexibility index (Phi) is 2.59. The first kappa shape index (κ1) is 10.3. The van der Waals surface area contributed by atoms with Gasteiger partial charge in [0.1, 0.15) is 5.82 Å². The van der Waals surface area contributed by atoms with Gasteiger partial charge in [0.25, 0.3) is 0 Å². The topological polar surface area (TPSA) is 21.3 Å². The van der Waals surface area contributed by atoms with Gasteiger partial charge in [-0.3, -0.25) is 4.84 Å². The zero-order valence-corrected chi connectivity index (χ0v) is 8.66. The third-order valence-electron chi connectivity index (χ3n) is 2.78. The summed E-state index contributed by atoms with van der Waals surface area (Å²) in [4.78, 5) is 5.29. The highest BCUT2D eigenvalue weighted by Crippen LogP contribution is 2.33. The molecule has 3 heteroatoms. The maximum absolute atomic E-state index is 13.6. The summed E-state index contributed by atoms with van der Waals surface area (Å²) in [6, 6.07) is 6.75. The standard InChI is InChI=1S/C12H14FNO/c1-3-9-8-12(2,14-15-9)10-6-4-5-7-11(10)13/h3-7,9,14H,1,8H2,2H3/t9?,12-/m0/s1. The monoisotopic (exact) mass is 207 g/mol. The molecule has 0 saturated carbocycles. The van der Waals surface area contributed by atoms with Gasteiger partial charge in [-0.15, -0.1) is 6.58 Å². The predicted octanol–water partition coefficient (Wildman–Crippen LogP) is 2.52. The van der Waals surface area contributed by atoms with E-state index in [4.69, 9.17) is 4.84 Å². The van der Waals surface area contributed by atoms with Gasteiger partial charge in [0.15, 0.2) is 0 Å². The molecule has 0 bridgehead atoms. The average Bonchev–Trinajstić information content (AvgIpc) is 2.62. The molecule has 80 valence electrons. The quantitative estimate of drug-likeness (QED) is 0.752. The van der Waals surface area contributed by atoms with Crippen molar-refractivity contribution in [3.63, 3.8) is 0 Å². The van der Waals surface area contributed by atoms with Crippen LogP contribution in [0.4, 0.5) is 4.39 Å². The van der Waals surface area contributed by atoms with Crippen molar-refractivity contribution in [2.24, 2.45) is 0 Å². The highest BCUT2D eigenvalue weighted by molar-refractivity contribution is 5.26. The fourth-order valence-electron chi connectivity index (χ4n) is 1.90. The van der Waals surface area contributed by atoms with E-state index in [9.17, 15) is 4.39 Å². The van der Waals surface area contributed by atoms with E-state index >= 15 is 0 Å². The van der Waals surface area contributed by atoms with Crippen LogP contribution < -0.4 is 5.48 Å². The van der Waals surface area contributed by atoms with Crippen LogP contribution in [0.5, 0.6) is 0 Å². The molecule has 1 heterocycles. The minimum Gasteiger partial charge on any atom is -0.293 e. The molecule has 0 spiro atoms. The Labute approximate surface area is 88.7 Å². The molecule has 1 saturated heterocycles. The third-order valence-corrected chi connectivity index (χ3v) is 2.78. The lowest BCUT2D eigenvalue weighted by Crippen LogP contribution is -2.33. The normalized spacial score (nSPS) is 30.4. The van der Waals surface area contributed by atoms with Crippen LogP contribution in [-0.4, -0.2) is 6.10 Å². The van der Waals surface area contributed by atoms with E-state index in [1.54, 1.807) is 18.2 Å². The molecule has 1 unspecified atom stereocenters. The molecular weight excluding hydrogens is 193 g/mol. The first-order chi connectivity index (χ1) is 7.15. The van der Waals surface area contributed by atoms with Gasteiger partial charge in [0.2, 0.25) is 0 Å². The van der Waals surface area contributed by atoms with Gasteiger partial charge in [-0.25, -0.2) is 4.39 Å². The van der Waals surface area contributed by atoms with Crippen molar-refractivity contribution in [3.8, 4) is 0 Å². The van der Waals surface area contributed by atoms with E-state index < -0.39 is 5.54 Å². The van der Waals surface area contributed by atoms with E-state index in [2.05, 4.69) is 12.1 Å². The van der Waals surface area contributed by atoms with Crippen LogP contribution in [0.25, 0.3) is 0 Å². The smallest absolute Gasteiger partial charge is 0.128 e. The summed E-state index contributed by atoms with van der Waals surface area (Å²) in [6.45, 7) is 5.59. The number of nitrogens with one attached hydrogen (secondary N) is 1. The zero-order chi connectivity index (χ0) is 10.9. The Morgan fingerprint density at radius 2 is 2.33 bits per heavy atom. The van der Waals surface area contributed by atoms with Crippen molar-refractivity contribution in [1.29, 1.82) is 0 Å². The second-order valence-electron chi connectivity index (χ2n) is 4.01. The second-order valence-corrected chi connectivity index (χ2v) is 4.01. The maximum Gasteiger partial charge on any atom is 0.128 e. The van der Waals surface area contributed by atoms with Crippen LogP contribution in [0, 0.1) is 5.82 Å². The zero-order valence-electron chi connectivity index (χ0n) is 8.66. The first-order valence-corrected chi connectivity index (χ1v) is 4.96. The van der Waals surface area contributed by atoms with Gasteiger partial charge in [-0.05, 0) is 13.0 Å². The van der Waals surface area contributed by atoms with Crippen molar-refractivity contribution in [1.82, 2.24) is 5.48 Å². The Hall–Kier alpha value is -1.19. The molecule has 0 amide bonds. The molecule has 1 aliphatic rings. The molecule has 0 radical (unpaired) electrons. The van der Waals surface area contributed by atoms with Gasteiger partial charge in [-0.1, -0.05) is 24.3 Å². The molecule has 1 aromatic carbocycles. The molecule has 1 fully saturated rings. The molecule has 2 atom stereocenters. The van der Waals surface area contributed by atoms with Crippen molar-refractivity contribution < 1.29 is 9.23 Å².